The van der Waals surface area contributed by atoms with Crippen LogP contribution in [-0.2, 0) is 4.79 Å². The van der Waals surface area contributed by atoms with Crippen molar-refractivity contribution in [3.63, 3.8) is 0 Å². The molecule has 0 radical (unpaired) electrons. The van der Waals surface area contributed by atoms with Gasteiger partial charge in [-0.05, 0) is 18.2 Å². The molecule has 0 amide bonds. The molecule has 16 heavy (non-hydrogen) atoms. The van der Waals surface area contributed by atoms with Crippen LogP contribution in [0.25, 0.3) is 0 Å². The second-order valence-electron chi connectivity index (χ2n) is 3.23. The molecule has 0 saturated carbocycles. The van der Waals surface area contributed by atoms with Gasteiger partial charge in [0.05, 0.1) is 0 Å². The van der Waals surface area contributed by atoms with Crippen molar-refractivity contribution in [1.82, 2.24) is 9.78 Å². The SMILES string of the molecule is O=CC(c1ccc(Cl)cc1Cl)n1cccn1. The first kappa shape index (κ1) is 11.2. The van der Waals surface area contributed by atoms with Crippen molar-refractivity contribution in [2.75, 3.05) is 0 Å². The molecule has 0 aliphatic rings. The van der Waals surface area contributed by atoms with E-state index in [1.807, 2.05) is 0 Å². The fourth-order valence-electron chi connectivity index (χ4n) is 1.46. The zero-order chi connectivity index (χ0) is 11.5. The van der Waals surface area contributed by atoms with Gasteiger partial charge in [0.25, 0.3) is 0 Å². The maximum atomic E-state index is 11.1. The molecule has 0 spiro atoms. The second kappa shape index (κ2) is 4.68. The average molecular weight is 255 g/mol. The number of nitrogens with zero attached hydrogens (tertiary/aromatic N) is 2. The van der Waals surface area contributed by atoms with Gasteiger partial charge in [-0.2, -0.15) is 5.10 Å². The van der Waals surface area contributed by atoms with E-state index in [0.717, 1.165) is 6.29 Å². The van der Waals surface area contributed by atoms with Gasteiger partial charge in [0.15, 0.2) is 0 Å². The lowest BCUT2D eigenvalue weighted by Crippen LogP contribution is -2.12. The van der Waals surface area contributed by atoms with Crippen LogP contribution in [0.1, 0.15) is 11.6 Å². The number of carbonyl (C=O) groups is 1. The van der Waals surface area contributed by atoms with Crippen LogP contribution >= 0.6 is 23.2 Å². The molecular formula is C11H8Cl2N2O. The first-order valence-corrected chi connectivity index (χ1v) is 5.37. The summed E-state index contributed by atoms with van der Waals surface area (Å²) in [6.07, 6.45) is 4.12. The van der Waals surface area contributed by atoms with Crippen LogP contribution in [0, 0.1) is 0 Å². The highest BCUT2D eigenvalue weighted by atomic mass is 35.5. The molecule has 0 aliphatic carbocycles. The minimum Gasteiger partial charge on any atom is -0.301 e. The van der Waals surface area contributed by atoms with Crippen LogP contribution < -0.4 is 0 Å². The van der Waals surface area contributed by atoms with E-state index in [9.17, 15) is 4.79 Å². The Labute approximate surface area is 103 Å². The Morgan fingerprint density at radius 3 is 2.75 bits per heavy atom. The fraction of sp³-hybridized carbons (Fsp3) is 0.0909. The molecule has 2 rings (SSSR count). The number of benzene rings is 1. The molecule has 1 aromatic carbocycles. The van der Waals surface area contributed by atoms with Gasteiger partial charge in [-0.3, -0.25) is 4.68 Å². The Morgan fingerprint density at radius 2 is 2.19 bits per heavy atom. The minimum atomic E-state index is -0.514. The van der Waals surface area contributed by atoms with Gasteiger partial charge < -0.3 is 4.79 Å². The molecule has 1 heterocycles. The summed E-state index contributed by atoms with van der Waals surface area (Å²) in [4.78, 5) is 11.1. The lowest BCUT2D eigenvalue weighted by molar-refractivity contribution is -0.109. The van der Waals surface area contributed by atoms with Gasteiger partial charge in [0, 0.05) is 28.0 Å². The highest BCUT2D eigenvalue weighted by Crippen LogP contribution is 2.27. The predicted molar refractivity (Wildman–Crippen MR) is 62.9 cm³/mol. The lowest BCUT2D eigenvalue weighted by Gasteiger charge is -2.13. The van der Waals surface area contributed by atoms with Crippen molar-refractivity contribution >= 4 is 29.5 Å². The molecular weight excluding hydrogens is 247 g/mol. The third-order valence-corrected chi connectivity index (χ3v) is 2.78. The summed E-state index contributed by atoms with van der Waals surface area (Å²) < 4.78 is 1.54. The van der Waals surface area contributed by atoms with Crippen LogP contribution in [-0.4, -0.2) is 16.1 Å². The number of hydrogen-bond donors (Lipinski definition) is 0. The smallest absolute Gasteiger partial charge is 0.149 e. The number of carbonyl (C=O) groups excluding carboxylic acids is 1. The fourth-order valence-corrected chi connectivity index (χ4v) is 1.98. The average Bonchev–Trinajstić information content (AvgIpc) is 2.75. The van der Waals surface area contributed by atoms with E-state index in [2.05, 4.69) is 5.10 Å². The second-order valence-corrected chi connectivity index (χ2v) is 4.08. The van der Waals surface area contributed by atoms with Gasteiger partial charge >= 0.3 is 0 Å². The van der Waals surface area contributed by atoms with Gasteiger partial charge in [-0.15, -0.1) is 0 Å². The maximum absolute atomic E-state index is 11.1. The Bertz CT molecular complexity index is 497. The van der Waals surface area contributed by atoms with Crippen molar-refractivity contribution < 1.29 is 4.79 Å². The van der Waals surface area contributed by atoms with Crippen LogP contribution in [0.5, 0.6) is 0 Å². The van der Waals surface area contributed by atoms with Gasteiger partial charge in [0.1, 0.15) is 12.3 Å². The highest BCUT2D eigenvalue weighted by molar-refractivity contribution is 6.35. The summed E-state index contributed by atoms with van der Waals surface area (Å²) in [7, 11) is 0. The van der Waals surface area contributed by atoms with Gasteiger partial charge in [-0.1, -0.05) is 29.3 Å². The molecule has 0 aliphatic heterocycles. The summed E-state index contributed by atoms with van der Waals surface area (Å²) in [6.45, 7) is 0. The Morgan fingerprint density at radius 1 is 1.38 bits per heavy atom. The van der Waals surface area contributed by atoms with Crippen LogP contribution in [0.15, 0.2) is 36.7 Å². The third-order valence-electron chi connectivity index (χ3n) is 2.22. The normalized spacial score (nSPS) is 12.4. The number of aromatic nitrogens is 2. The van der Waals surface area contributed by atoms with Crippen LogP contribution in [0.3, 0.4) is 0 Å². The molecule has 0 saturated heterocycles. The van der Waals surface area contributed by atoms with Crippen molar-refractivity contribution in [2.24, 2.45) is 0 Å². The van der Waals surface area contributed by atoms with E-state index in [0.29, 0.717) is 15.6 Å². The first-order chi connectivity index (χ1) is 7.72. The number of rotatable bonds is 3. The molecule has 2 aromatic rings. The summed E-state index contributed by atoms with van der Waals surface area (Å²) in [6, 6.07) is 6.27. The number of halogens is 2. The van der Waals surface area contributed by atoms with E-state index in [-0.39, 0.29) is 0 Å². The molecule has 82 valence electrons. The first-order valence-electron chi connectivity index (χ1n) is 4.61. The molecule has 0 bridgehead atoms. The Kier molecular flexibility index (Phi) is 3.27. The van der Waals surface area contributed by atoms with E-state index in [1.165, 1.54) is 0 Å². The van der Waals surface area contributed by atoms with E-state index < -0.39 is 6.04 Å². The summed E-state index contributed by atoms with van der Waals surface area (Å²) in [5.74, 6) is 0. The predicted octanol–water partition coefficient (Wildman–Crippen LogP) is 2.98. The van der Waals surface area contributed by atoms with Gasteiger partial charge in [0.2, 0.25) is 0 Å². The monoisotopic (exact) mass is 254 g/mol. The Balaban J connectivity index is 2.45. The third kappa shape index (κ3) is 2.10. The van der Waals surface area contributed by atoms with Crippen LogP contribution in [0.2, 0.25) is 10.0 Å². The summed E-state index contributed by atoms with van der Waals surface area (Å²) >= 11 is 11.8. The van der Waals surface area contributed by atoms with Crippen molar-refractivity contribution in [1.29, 1.82) is 0 Å². The number of aldehydes is 1. The molecule has 0 fully saturated rings. The zero-order valence-corrected chi connectivity index (χ0v) is 9.69. The molecule has 1 unspecified atom stereocenters. The Hall–Kier alpha value is -1.32. The molecule has 1 atom stereocenters. The largest absolute Gasteiger partial charge is 0.301 e. The lowest BCUT2D eigenvalue weighted by atomic mass is 10.1. The van der Waals surface area contributed by atoms with Gasteiger partial charge in [-0.25, -0.2) is 0 Å². The molecule has 5 heteroatoms. The van der Waals surface area contributed by atoms with Crippen molar-refractivity contribution in [3.8, 4) is 0 Å². The topological polar surface area (TPSA) is 34.9 Å². The maximum Gasteiger partial charge on any atom is 0.149 e. The number of hydrogen-bond acceptors (Lipinski definition) is 2. The van der Waals surface area contributed by atoms with E-state index in [4.69, 9.17) is 23.2 Å². The zero-order valence-electron chi connectivity index (χ0n) is 8.18. The van der Waals surface area contributed by atoms with E-state index in [1.54, 1.807) is 41.3 Å². The van der Waals surface area contributed by atoms with Crippen molar-refractivity contribution in [3.05, 3.63) is 52.3 Å². The highest BCUT2D eigenvalue weighted by Gasteiger charge is 2.16. The van der Waals surface area contributed by atoms with E-state index >= 15 is 0 Å². The molecule has 1 aromatic heterocycles. The molecule has 3 nitrogen and oxygen atoms in total. The quantitative estimate of drug-likeness (QED) is 0.790. The summed E-state index contributed by atoms with van der Waals surface area (Å²) in [5, 5.41) is 5.02. The van der Waals surface area contributed by atoms with Crippen molar-refractivity contribution in [2.45, 2.75) is 6.04 Å². The van der Waals surface area contributed by atoms with Crippen LogP contribution in [0.4, 0.5) is 0 Å². The summed E-state index contributed by atoms with van der Waals surface area (Å²) in [5.41, 5.74) is 0.685. The standard InChI is InChI=1S/C11H8Cl2N2O/c12-8-2-3-9(10(13)6-8)11(7-16)15-5-1-4-14-15/h1-7,11H. The molecule has 0 N–H and O–H groups in total. The minimum absolute atomic E-state index is 0.458.